The smallest absolute Gasteiger partial charge is 0.148 e. The zero-order valence-electron chi connectivity index (χ0n) is 7.77. The van der Waals surface area contributed by atoms with Gasteiger partial charge in [0.15, 0.2) is 0 Å². The molecule has 0 aliphatic heterocycles. The van der Waals surface area contributed by atoms with Gasteiger partial charge in [-0.3, -0.25) is 4.99 Å². The zero-order valence-corrected chi connectivity index (χ0v) is 10.1. The first-order valence-electron chi connectivity index (χ1n) is 3.87. The Bertz CT molecular complexity index is 276. The topological polar surface area (TPSA) is 69.1 Å². The summed E-state index contributed by atoms with van der Waals surface area (Å²) >= 11 is 0. The quantitative estimate of drug-likeness (QED) is 0.509. The molecule has 0 bridgehead atoms. The summed E-state index contributed by atoms with van der Waals surface area (Å²) in [6.07, 6.45) is 1.53. The Hall–Kier alpha value is -0.660. The largest absolute Gasteiger partial charge is 0.388 e. The van der Waals surface area contributed by atoms with Crippen LogP contribution in [0.5, 0.6) is 0 Å². The highest BCUT2D eigenvalue weighted by molar-refractivity contribution is 14.0. The summed E-state index contributed by atoms with van der Waals surface area (Å²) in [7, 11) is 0. The van der Waals surface area contributed by atoms with Crippen LogP contribution in [0.25, 0.3) is 0 Å². The van der Waals surface area contributed by atoms with E-state index in [0.29, 0.717) is 12.4 Å². The van der Waals surface area contributed by atoms with Crippen molar-refractivity contribution in [3.8, 4) is 0 Å². The Morgan fingerprint density at radius 1 is 1.69 bits per heavy atom. The number of amidine groups is 1. The second-order valence-electron chi connectivity index (χ2n) is 2.45. The van der Waals surface area contributed by atoms with Crippen LogP contribution in [-0.4, -0.2) is 20.6 Å². The van der Waals surface area contributed by atoms with E-state index in [4.69, 9.17) is 5.73 Å². The van der Waals surface area contributed by atoms with Gasteiger partial charge in [0.2, 0.25) is 0 Å². The number of aromatic nitrogens is 3. The van der Waals surface area contributed by atoms with E-state index in [0.717, 1.165) is 12.4 Å². The maximum Gasteiger partial charge on any atom is 0.148 e. The van der Waals surface area contributed by atoms with Crippen LogP contribution in [0.15, 0.2) is 11.3 Å². The van der Waals surface area contributed by atoms with Gasteiger partial charge in [-0.15, -0.1) is 24.0 Å². The third kappa shape index (κ3) is 3.71. The van der Waals surface area contributed by atoms with Gasteiger partial charge < -0.3 is 5.73 Å². The van der Waals surface area contributed by atoms with E-state index < -0.39 is 0 Å². The minimum atomic E-state index is 0. The minimum absolute atomic E-state index is 0. The second-order valence-corrected chi connectivity index (χ2v) is 2.45. The Labute approximate surface area is 94.5 Å². The summed E-state index contributed by atoms with van der Waals surface area (Å²) < 4.78 is 1.80. The van der Waals surface area contributed by atoms with Crippen molar-refractivity contribution in [2.24, 2.45) is 10.7 Å². The van der Waals surface area contributed by atoms with Crippen molar-refractivity contribution in [3.05, 3.63) is 12.2 Å². The van der Waals surface area contributed by atoms with E-state index in [-0.39, 0.29) is 24.0 Å². The number of hydrogen-bond acceptors (Lipinski definition) is 3. The van der Waals surface area contributed by atoms with Gasteiger partial charge >= 0.3 is 0 Å². The van der Waals surface area contributed by atoms with Crippen LogP contribution in [0.2, 0.25) is 0 Å². The first-order chi connectivity index (χ1) is 5.74. The summed E-state index contributed by atoms with van der Waals surface area (Å²) in [5, 5.41) is 4.01. The van der Waals surface area contributed by atoms with E-state index >= 15 is 0 Å². The molecule has 0 amide bonds. The molecule has 0 aliphatic carbocycles. The number of nitrogens with two attached hydrogens (primary N) is 1. The van der Waals surface area contributed by atoms with Gasteiger partial charge in [0.25, 0.3) is 0 Å². The molecule has 0 spiro atoms. The maximum atomic E-state index is 5.39. The molecular formula is C7H14IN5. The number of halogens is 1. The first kappa shape index (κ1) is 12.3. The molecule has 0 fully saturated rings. The molecule has 0 aliphatic rings. The molecule has 0 saturated heterocycles. The zero-order chi connectivity index (χ0) is 8.97. The van der Waals surface area contributed by atoms with E-state index in [1.165, 1.54) is 6.33 Å². The summed E-state index contributed by atoms with van der Waals surface area (Å²) in [5.41, 5.74) is 5.39. The third-order valence-corrected chi connectivity index (χ3v) is 1.47. The average molecular weight is 295 g/mol. The lowest BCUT2D eigenvalue weighted by Gasteiger charge is -1.98. The summed E-state index contributed by atoms with van der Waals surface area (Å²) in [4.78, 5) is 8.09. The third-order valence-electron chi connectivity index (χ3n) is 1.47. The van der Waals surface area contributed by atoms with E-state index in [1.54, 1.807) is 11.6 Å². The van der Waals surface area contributed by atoms with Crippen molar-refractivity contribution in [1.82, 2.24) is 14.8 Å². The molecule has 0 unspecified atom stereocenters. The van der Waals surface area contributed by atoms with Gasteiger partial charge in [-0.2, -0.15) is 5.10 Å². The molecule has 1 aromatic heterocycles. The van der Waals surface area contributed by atoms with Gasteiger partial charge in [0.1, 0.15) is 18.7 Å². The van der Waals surface area contributed by atoms with Gasteiger partial charge in [0, 0.05) is 6.54 Å². The van der Waals surface area contributed by atoms with Gasteiger partial charge in [-0.1, -0.05) is 0 Å². The number of nitrogens with zero attached hydrogens (tertiary/aromatic N) is 4. The van der Waals surface area contributed by atoms with Crippen LogP contribution in [0.1, 0.15) is 19.7 Å². The molecule has 6 heteroatoms. The molecular weight excluding hydrogens is 281 g/mol. The number of aliphatic imine (C=N–C) groups is 1. The van der Waals surface area contributed by atoms with Crippen molar-refractivity contribution in [2.75, 3.05) is 0 Å². The van der Waals surface area contributed by atoms with Crippen LogP contribution >= 0.6 is 24.0 Å². The Morgan fingerprint density at radius 3 is 2.92 bits per heavy atom. The van der Waals surface area contributed by atoms with Crippen LogP contribution in [0, 0.1) is 0 Å². The van der Waals surface area contributed by atoms with Gasteiger partial charge in [-0.05, 0) is 13.8 Å². The van der Waals surface area contributed by atoms with Crippen LogP contribution < -0.4 is 5.73 Å². The van der Waals surface area contributed by atoms with Crippen molar-refractivity contribution in [1.29, 1.82) is 0 Å². The molecule has 1 heterocycles. The van der Waals surface area contributed by atoms with E-state index in [9.17, 15) is 0 Å². The number of rotatable bonds is 3. The highest BCUT2D eigenvalue weighted by Crippen LogP contribution is 1.95. The predicted octanol–water partition coefficient (Wildman–Crippen LogP) is 0.793. The standard InChI is InChI=1S/C7H13N5.HI/c1-3-12-7(10-5-11-12)4-9-6(2)8;/h5H,3-4H2,1-2H3,(H2,8,9);1H. The summed E-state index contributed by atoms with van der Waals surface area (Å²) in [6.45, 7) is 5.09. The van der Waals surface area contributed by atoms with Crippen LogP contribution in [0.4, 0.5) is 0 Å². The minimum Gasteiger partial charge on any atom is -0.388 e. The lowest BCUT2D eigenvalue weighted by atomic mass is 10.5. The summed E-state index contributed by atoms with van der Waals surface area (Å²) in [6, 6.07) is 0. The molecule has 74 valence electrons. The van der Waals surface area contributed by atoms with Gasteiger partial charge in [-0.25, -0.2) is 9.67 Å². The Morgan fingerprint density at radius 2 is 2.38 bits per heavy atom. The Kier molecular flexibility index (Phi) is 5.60. The van der Waals surface area contributed by atoms with Crippen molar-refractivity contribution < 1.29 is 0 Å². The lowest BCUT2D eigenvalue weighted by Crippen LogP contribution is -2.08. The molecule has 1 aromatic rings. The molecule has 1 rings (SSSR count). The SMILES string of the molecule is CCn1ncnc1CN=C(C)N.I. The first-order valence-corrected chi connectivity index (χ1v) is 3.87. The number of hydrogen-bond donors (Lipinski definition) is 1. The Balaban J connectivity index is 0.00000144. The predicted molar refractivity (Wildman–Crippen MR) is 62.1 cm³/mol. The maximum absolute atomic E-state index is 5.39. The normalized spacial score (nSPS) is 11.1. The van der Waals surface area contributed by atoms with Crippen LogP contribution in [-0.2, 0) is 13.1 Å². The molecule has 0 aromatic carbocycles. The molecule has 0 atom stereocenters. The van der Waals surface area contributed by atoms with Crippen molar-refractivity contribution in [3.63, 3.8) is 0 Å². The van der Waals surface area contributed by atoms with Crippen LogP contribution in [0.3, 0.4) is 0 Å². The molecule has 0 radical (unpaired) electrons. The molecule has 0 saturated carbocycles. The fourth-order valence-corrected chi connectivity index (χ4v) is 0.870. The van der Waals surface area contributed by atoms with E-state index in [1.807, 2.05) is 6.92 Å². The average Bonchev–Trinajstić information content (AvgIpc) is 2.47. The fraction of sp³-hybridized carbons (Fsp3) is 0.571. The highest BCUT2D eigenvalue weighted by atomic mass is 127. The number of aryl methyl sites for hydroxylation is 1. The monoisotopic (exact) mass is 295 g/mol. The molecule has 5 nitrogen and oxygen atoms in total. The summed E-state index contributed by atoms with van der Waals surface area (Å²) in [5.74, 6) is 1.42. The molecule has 2 N–H and O–H groups in total. The van der Waals surface area contributed by atoms with Crippen molar-refractivity contribution >= 4 is 29.8 Å². The van der Waals surface area contributed by atoms with Gasteiger partial charge in [0.05, 0.1) is 5.84 Å². The van der Waals surface area contributed by atoms with Crippen molar-refractivity contribution in [2.45, 2.75) is 26.9 Å². The molecule has 13 heavy (non-hydrogen) atoms. The lowest BCUT2D eigenvalue weighted by molar-refractivity contribution is 0.616. The second kappa shape index (κ2) is 5.90. The van der Waals surface area contributed by atoms with E-state index in [2.05, 4.69) is 15.1 Å². The fourth-order valence-electron chi connectivity index (χ4n) is 0.870. The highest BCUT2D eigenvalue weighted by Gasteiger charge is 1.99.